The van der Waals surface area contributed by atoms with Crippen LogP contribution in [0.25, 0.3) is 0 Å². The molecule has 2 amide bonds. The van der Waals surface area contributed by atoms with Crippen LogP contribution in [0.15, 0.2) is 60.0 Å². The molecule has 178 valence electrons. The van der Waals surface area contributed by atoms with E-state index in [2.05, 4.69) is 0 Å². The fraction of sp³-hybridized carbons (Fsp3) is 0.308. The molecular formula is C26H26ClFN2O3S. The van der Waals surface area contributed by atoms with Gasteiger partial charge in [0.1, 0.15) is 24.7 Å². The molecule has 0 aliphatic carbocycles. The van der Waals surface area contributed by atoms with Crippen molar-refractivity contribution in [1.82, 2.24) is 9.80 Å². The van der Waals surface area contributed by atoms with E-state index in [9.17, 15) is 14.0 Å². The van der Waals surface area contributed by atoms with Gasteiger partial charge in [-0.15, -0.1) is 11.3 Å². The van der Waals surface area contributed by atoms with Gasteiger partial charge in [0.05, 0.1) is 6.04 Å². The lowest BCUT2D eigenvalue weighted by Crippen LogP contribution is -2.48. The highest BCUT2D eigenvalue weighted by Gasteiger charge is 2.33. The fourth-order valence-electron chi connectivity index (χ4n) is 4.19. The van der Waals surface area contributed by atoms with E-state index in [1.54, 1.807) is 57.5 Å². The lowest BCUT2D eigenvalue weighted by molar-refractivity contribution is -0.135. The quantitative estimate of drug-likeness (QED) is 0.404. The van der Waals surface area contributed by atoms with Crippen LogP contribution in [0.1, 0.15) is 40.2 Å². The Hall–Kier alpha value is -2.90. The van der Waals surface area contributed by atoms with Crippen molar-refractivity contribution in [3.8, 4) is 5.75 Å². The van der Waals surface area contributed by atoms with E-state index < -0.39 is 0 Å². The summed E-state index contributed by atoms with van der Waals surface area (Å²) in [5.74, 6) is -0.328. The average molecular weight is 501 g/mol. The largest absolute Gasteiger partial charge is 0.491 e. The van der Waals surface area contributed by atoms with Crippen molar-refractivity contribution in [3.63, 3.8) is 0 Å². The molecule has 5 nitrogen and oxygen atoms in total. The molecule has 0 radical (unpaired) electrons. The van der Waals surface area contributed by atoms with E-state index in [4.69, 9.17) is 16.3 Å². The molecule has 3 aromatic rings. The summed E-state index contributed by atoms with van der Waals surface area (Å²) < 4.78 is 19.5. The molecule has 0 bridgehead atoms. The number of carbonyl (C=O) groups excluding carboxylic acids is 2. The van der Waals surface area contributed by atoms with E-state index in [0.29, 0.717) is 29.4 Å². The average Bonchev–Trinajstić information content (AvgIpc) is 3.31. The predicted octanol–water partition coefficient (Wildman–Crippen LogP) is 5.60. The van der Waals surface area contributed by atoms with Gasteiger partial charge in [-0.1, -0.05) is 30.7 Å². The Morgan fingerprint density at radius 1 is 1.21 bits per heavy atom. The van der Waals surface area contributed by atoms with Gasteiger partial charge < -0.3 is 14.5 Å². The third kappa shape index (κ3) is 5.59. The van der Waals surface area contributed by atoms with E-state index in [-0.39, 0.29) is 36.8 Å². The molecule has 8 heteroatoms. The van der Waals surface area contributed by atoms with Crippen molar-refractivity contribution in [3.05, 3.63) is 86.8 Å². The summed E-state index contributed by atoms with van der Waals surface area (Å²) in [6.07, 6.45) is 1.48. The summed E-state index contributed by atoms with van der Waals surface area (Å²) in [6.45, 7) is 3.13. The Balaban J connectivity index is 1.52. The third-order valence-electron chi connectivity index (χ3n) is 5.80. The number of hydrogen-bond donors (Lipinski definition) is 0. The van der Waals surface area contributed by atoms with Crippen LogP contribution < -0.4 is 4.74 Å². The summed E-state index contributed by atoms with van der Waals surface area (Å²) in [5.41, 5.74) is 1.50. The highest BCUT2D eigenvalue weighted by atomic mass is 35.5. The van der Waals surface area contributed by atoms with Gasteiger partial charge in [0.15, 0.2) is 0 Å². The second-order valence-electron chi connectivity index (χ2n) is 8.16. The first-order chi connectivity index (χ1) is 16.5. The van der Waals surface area contributed by atoms with Gasteiger partial charge in [0.2, 0.25) is 5.91 Å². The van der Waals surface area contributed by atoms with Gasteiger partial charge in [-0.25, -0.2) is 4.39 Å². The molecule has 1 unspecified atom stereocenters. The second kappa shape index (κ2) is 11.0. The first-order valence-corrected chi connectivity index (χ1v) is 12.5. The van der Waals surface area contributed by atoms with Crippen LogP contribution in [0.2, 0.25) is 5.02 Å². The van der Waals surface area contributed by atoms with Crippen LogP contribution in [-0.2, 0) is 11.2 Å². The lowest BCUT2D eigenvalue weighted by atomic mass is 10.0. The van der Waals surface area contributed by atoms with Gasteiger partial charge in [-0.3, -0.25) is 9.59 Å². The molecule has 0 saturated carbocycles. The number of nitrogens with zero attached hydrogens (tertiary/aromatic N) is 2. The number of amides is 2. The number of hydrogen-bond acceptors (Lipinski definition) is 4. The SMILES string of the molecule is CCCN(CC(=O)N1CCc2sccc2C1COc1cccc(F)c1)C(=O)c1cccc(Cl)c1. The van der Waals surface area contributed by atoms with Crippen LogP contribution >= 0.6 is 22.9 Å². The summed E-state index contributed by atoms with van der Waals surface area (Å²) in [7, 11) is 0. The lowest BCUT2D eigenvalue weighted by Gasteiger charge is -2.37. The molecule has 1 aliphatic rings. The Labute approximate surface area is 207 Å². The molecule has 0 spiro atoms. The number of ether oxygens (including phenoxy) is 1. The zero-order chi connectivity index (χ0) is 24.1. The van der Waals surface area contributed by atoms with Crippen molar-refractivity contribution in [2.24, 2.45) is 0 Å². The number of rotatable bonds is 8. The molecule has 1 aromatic heterocycles. The Morgan fingerprint density at radius 3 is 2.79 bits per heavy atom. The standard InChI is InChI=1S/C26H26ClFN2O3S/c1-2-11-29(26(32)18-5-3-6-19(27)14-18)16-25(31)30-12-9-24-22(10-13-34-24)23(30)17-33-21-8-4-7-20(28)15-21/h3-8,10,13-15,23H,2,9,11-12,16-17H2,1H3. The van der Waals surface area contributed by atoms with Gasteiger partial charge >= 0.3 is 0 Å². The van der Waals surface area contributed by atoms with Crippen LogP contribution in [0.4, 0.5) is 4.39 Å². The fourth-order valence-corrected chi connectivity index (χ4v) is 5.31. The number of benzene rings is 2. The van der Waals surface area contributed by atoms with E-state index >= 15 is 0 Å². The number of carbonyl (C=O) groups is 2. The molecular weight excluding hydrogens is 475 g/mol. The summed E-state index contributed by atoms with van der Waals surface area (Å²) in [5, 5.41) is 2.49. The maximum absolute atomic E-state index is 13.6. The maximum atomic E-state index is 13.6. The van der Waals surface area contributed by atoms with Crippen molar-refractivity contribution >= 4 is 34.8 Å². The maximum Gasteiger partial charge on any atom is 0.254 e. The smallest absolute Gasteiger partial charge is 0.254 e. The number of fused-ring (bicyclic) bond motifs is 1. The highest BCUT2D eigenvalue weighted by Crippen LogP contribution is 2.34. The van der Waals surface area contributed by atoms with E-state index in [1.807, 2.05) is 18.4 Å². The molecule has 0 saturated heterocycles. The molecule has 0 fully saturated rings. The second-order valence-corrected chi connectivity index (χ2v) is 9.59. The predicted molar refractivity (Wildman–Crippen MR) is 132 cm³/mol. The van der Waals surface area contributed by atoms with Crippen LogP contribution in [0.3, 0.4) is 0 Å². The summed E-state index contributed by atoms with van der Waals surface area (Å²) in [4.78, 5) is 31.2. The molecule has 1 aliphatic heterocycles. The molecule has 0 N–H and O–H groups in total. The molecule has 2 aromatic carbocycles. The highest BCUT2D eigenvalue weighted by molar-refractivity contribution is 7.10. The van der Waals surface area contributed by atoms with Gasteiger partial charge in [0, 0.05) is 34.6 Å². The van der Waals surface area contributed by atoms with Gasteiger partial charge in [-0.2, -0.15) is 0 Å². The molecule has 1 atom stereocenters. The normalized spacial score (nSPS) is 15.0. The topological polar surface area (TPSA) is 49.9 Å². The molecule has 34 heavy (non-hydrogen) atoms. The van der Waals surface area contributed by atoms with Gasteiger partial charge in [0.25, 0.3) is 5.91 Å². The van der Waals surface area contributed by atoms with Crippen LogP contribution in [0.5, 0.6) is 5.75 Å². The Bertz CT molecular complexity index is 1170. The van der Waals surface area contributed by atoms with Crippen molar-refractivity contribution in [2.75, 3.05) is 26.2 Å². The van der Waals surface area contributed by atoms with E-state index in [1.165, 1.54) is 17.0 Å². The van der Waals surface area contributed by atoms with Crippen molar-refractivity contribution < 1.29 is 18.7 Å². The van der Waals surface area contributed by atoms with Crippen molar-refractivity contribution in [2.45, 2.75) is 25.8 Å². The van der Waals surface area contributed by atoms with Crippen LogP contribution in [0, 0.1) is 5.82 Å². The summed E-state index contributed by atoms with van der Waals surface area (Å²) in [6, 6.07) is 14.4. The summed E-state index contributed by atoms with van der Waals surface area (Å²) >= 11 is 7.73. The Morgan fingerprint density at radius 2 is 2.03 bits per heavy atom. The molecule has 2 heterocycles. The third-order valence-corrected chi connectivity index (χ3v) is 7.03. The minimum absolute atomic E-state index is 0.0326. The van der Waals surface area contributed by atoms with Crippen LogP contribution in [-0.4, -0.2) is 47.9 Å². The first-order valence-electron chi connectivity index (χ1n) is 11.2. The zero-order valence-electron chi connectivity index (χ0n) is 18.9. The number of thiophene rings is 1. The zero-order valence-corrected chi connectivity index (χ0v) is 20.4. The minimum atomic E-state index is -0.375. The molecule has 4 rings (SSSR count). The number of halogens is 2. The van der Waals surface area contributed by atoms with E-state index in [0.717, 1.165) is 18.4 Å². The van der Waals surface area contributed by atoms with Gasteiger partial charge in [-0.05, 0) is 60.2 Å². The minimum Gasteiger partial charge on any atom is -0.491 e. The monoisotopic (exact) mass is 500 g/mol. The Kier molecular flexibility index (Phi) is 7.85. The van der Waals surface area contributed by atoms with Crippen molar-refractivity contribution in [1.29, 1.82) is 0 Å². The first kappa shape index (κ1) is 24.2.